The summed E-state index contributed by atoms with van der Waals surface area (Å²) in [5, 5.41) is 6.99. The van der Waals surface area contributed by atoms with E-state index in [-0.39, 0.29) is 6.04 Å². The van der Waals surface area contributed by atoms with Crippen LogP contribution in [0.2, 0.25) is 0 Å². The summed E-state index contributed by atoms with van der Waals surface area (Å²) in [6, 6.07) is 0.256. The Balaban J connectivity index is 2.27. The molecule has 1 heterocycles. The van der Waals surface area contributed by atoms with Crippen molar-refractivity contribution >= 4 is 5.71 Å². The predicted molar refractivity (Wildman–Crippen MR) is 39.9 cm³/mol. The molecular formula is C6H13N3O. The number of rotatable bonds is 3. The summed E-state index contributed by atoms with van der Waals surface area (Å²) in [6.45, 7) is 3.96. The van der Waals surface area contributed by atoms with Gasteiger partial charge in [0.05, 0.1) is 11.8 Å². The van der Waals surface area contributed by atoms with Gasteiger partial charge in [0.15, 0.2) is 0 Å². The summed E-state index contributed by atoms with van der Waals surface area (Å²) in [5.41, 5.74) is 6.43. The number of oxime groups is 1. The lowest BCUT2D eigenvalue weighted by atomic mass is 10.1. The van der Waals surface area contributed by atoms with Gasteiger partial charge in [-0.2, -0.15) is 0 Å². The first-order valence-electron chi connectivity index (χ1n) is 3.50. The highest BCUT2D eigenvalue weighted by molar-refractivity contribution is 5.96. The molecule has 1 aliphatic rings. The van der Waals surface area contributed by atoms with E-state index in [9.17, 15) is 0 Å². The van der Waals surface area contributed by atoms with Crippen molar-refractivity contribution in [3.05, 3.63) is 0 Å². The van der Waals surface area contributed by atoms with E-state index in [1.807, 2.05) is 6.92 Å². The molecule has 4 heteroatoms. The van der Waals surface area contributed by atoms with Gasteiger partial charge in [-0.3, -0.25) is 0 Å². The van der Waals surface area contributed by atoms with Gasteiger partial charge in [0.25, 0.3) is 0 Å². The Bertz CT molecular complexity index is 133. The second-order valence-corrected chi connectivity index (χ2v) is 2.17. The van der Waals surface area contributed by atoms with Crippen LogP contribution in [0.25, 0.3) is 0 Å². The minimum Gasteiger partial charge on any atom is -0.396 e. The summed E-state index contributed by atoms with van der Waals surface area (Å²) in [7, 11) is 0. The molecule has 0 saturated carbocycles. The molecule has 3 N–H and O–H groups in total. The van der Waals surface area contributed by atoms with Crippen LogP contribution < -0.4 is 11.1 Å². The number of nitrogens with zero attached hydrogens (tertiary/aromatic N) is 1. The van der Waals surface area contributed by atoms with Crippen molar-refractivity contribution in [2.45, 2.75) is 13.0 Å². The molecule has 1 fully saturated rings. The van der Waals surface area contributed by atoms with Crippen LogP contribution in [0.3, 0.4) is 0 Å². The normalized spacial score (nSPS) is 28.2. The van der Waals surface area contributed by atoms with Gasteiger partial charge in [0.1, 0.15) is 6.61 Å². The van der Waals surface area contributed by atoms with Gasteiger partial charge in [0.2, 0.25) is 0 Å². The van der Waals surface area contributed by atoms with Crippen molar-refractivity contribution < 1.29 is 4.84 Å². The van der Waals surface area contributed by atoms with E-state index in [0.717, 1.165) is 12.3 Å². The average Bonchev–Trinajstić information content (AvgIpc) is 1.88. The first-order valence-corrected chi connectivity index (χ1v) is 3.50. The van der Waals surface area contributed by atoms with Crippen LogP contribution in [0, 0.1) is 0 Å². The molecular weight excluding hydrogens is 130 g/mol. The largest absolute Gasteiger partial charge is 0.396 e. The molecule has 0 aromatic rings. The lowest BCUT2D eigenvalue weighted by Crippen LogP contribution is -2.57. The summed E-state index contributed by atoms with van der Waals surface area (Å²) in [6.07, 6.45) is 0. The monoisotopic (exact) mass is 143 g/mol. The number of nitrogens with one attached hydrogen (secondary N) is 1. The second kappa shape index (κ2) is 3.53. The van der Waals surface area contributed by atoms with Gasteiger partial charge < -0.3 is 15.9 Å². The third-order valence-corrected chi connectivity index (χ3v) is 1.48. The molecule has 0 aromatic carbocycles. The van der Waals surface area contributed by atoms with Crippen LogP contribution in [-0.4, -0.2) is 31.4 Å². The predicted octanol–water partition coefficient (Wildman–Crippen LogP) is -0.691. The second-order valence-electron chi connectivity index (χ2n) is 2.17. The molecule has 4 nitrogen and oxygen atoms in total. The van der Waals surface area contributed by atoms with Gasteiger partial charge in [-0.25, -0.2) is 0 Å². The molecule has 1 unspecified atom stereocenters. The molecule has 0 aliphatic carbocycles. The van der Waals surface area contributed by atoms with Crippen molar-refractivity contribution in [2.75, 3.05) is 19.7 Å². The third-order valence-electron chi connectivity index (χ3n) is 1.48. The van der Waals surface area contributed by atoms with E-state index in [1.54, 1.807) is 0 Å². The van der Waals surface area contributed by atoms with Gasteiger partial charge >= 0.3 is 0 Å². The zero-order valence-corrected chi connectivity index (χ0v) is 6.13. The van der Waals surface area contributed by atoms with Crippen molar-refractivity contribution in [2.24, 2.45) is 10.9 Å². The van der Waals surface area contributed by atoms with Crippen molar-refractivity contribution in [1.82, 2.24) is 5.32 Å². The fraction of sp³-hybridized carbons (Fsp3) is 0.833. The summed E-state index contributed by atoms with van der Waals surface area (Å²) >= 11 is 0. The van der Waals surface area contributed by atoms with Gasteiger partial charge in [-0.05, 0) is 6.92 Å². The number of nitrogens with two attached hydrogens (primary N) is 1. The summed E-state index contributed by atoms with van der Waals surface area (Å²) < 4.78 is 0. The SMILES string of the molecule is CCO/N=C1/CNC1CN. The molecule has 1 atom stereocenters. The van der Waals surface area contributed by atoms with E-state index in [4.69, 9.17) is 10.6 Å². The molecule has 1 aliphatic heterocycles. The Hall–Kier alpha value is -0.610. The maximum atomic E-state index is 5.40. The molecule has 1 rings (SSSR count). The van der Waals surface area contributed by atoms with E-state index >= 15 is 0 Å². The van der Waals surface area contributed by atoms with E-state index in [1.165, 1.54) is 0 Å². The molecule has 0 bridgehead atoms. The molecule has 0 aromatic heterocycles. The number of hydrogen-bond acceptors (Lipinski definition) is 4. The Labute approximate surface area is 60.4 Å². The van der Waals surface area contributed by atoms with Crippen molar-refractivity contribution in [3.63, 3.8) is 0 Å². The first-order chi connectivity index (χ1) is 4.88. The van der Waals surface area contributed by atoms with E-state index < -0.39 is 0 Å². The lowest BCUT2D eigenvalue weighted by molar-refractivity contribution is 0.155. The fourth-order valence-corrected chi connectivity index (χ4v) is 0.800. The Morgan fingerprint density at radius 3 is 3.10 bits per heavy atom. The van der Waals surface area contributed by atoms with Crippen LogP contribution in [-0.2, 0) is 4.84 Å². The van der Waals surface area contributed by atoms with E-state index in [2.05, 4.69) is 10.5 Å². The fourth-order valence-electron chi connectivity index (χ4n) is 0.800. The maximum Gasteiger partial charge on any atom is 0.114 e. The van der Waals surface area contributed by atoms with Gasteiger partial charge in [-0.15, -0.1) is 0 Å². The maximum absolute atomic E-state index is 5.40. The van der Waals surface area contributed by atoms with Crippen LogP contribution in [0.1, 0.15) is 6.92 Å². The Morgan fingerprint density at radius 2 is 2.70 bits per heavy atom. The third kappa shape index (κ3) is 1.46. The lowest BCUT2D eigenvalue weighted by Gasteiger charge is -2.27. The highest BCUT2D eigenvalue weighted by atomic mass is 16.6. The Kier molecular flexibility index (Phi) is 2.65. The zero-order valence-electron chi connectivity index (χ0n) is 6.13. The van der Waals surface area contributed by atoms with Gasteiger partial charge in [0, 0.05) is 13.1 Å². The minimum absolute atomic E-state index is 0.256. The molecule has 10 heavy (non-hydrogen) atoms. The smallest absolute Gasteiger partial charge is 0.114 e. The topological polar surface area (TPSA) is 59.6 Å². The first kappa shape index (κ1) is 7.50. The quantitative estimate of drug-likeness (QED) is 0.514. The highest BCUT2D eigenvalue weighted by Gasteiger charge is 2.23. The Morgan fingerprint density at radius 1 is 1.90 bits per heavy atom. The molecule has 0 amide bonds. The molecule has 0 spiro atoms. The summed E-state index contributed by atoms with van der Waals surface area (Å²) in [4.78, 5) is 4.86. The molecule has 1 saturated heterocycles. The number of hydrogen-bond donors (Lipinski definition) is 2. The van der Waals surface area contributed by atoms with Crippen molar-refractivity contribution in [1.29, 1.82) is 0 Å². The van der Waals surface area contributed by atoms with E-state index in [0.29, 0.717) is 13.2 Å². The zero-order chi connectivity index (χ0) is 7.40. The van der Waals surface area contributed by atoms with Crippen LogP contribution in [0.5, 0.6) is 0 Å². The minimum atomic E-state index is 0.256. The van der Waals surface area contributed by atoms with Crippen molar-refractivity contribution in [3.8, 4) is 0 Å². The molecule has 0 radical (unpaired) electrons. The van der Waals surface area contributed by atoms with Crippen LogP contribution in [0.15, 0.2) is 5.16 Å². The van der Waals surface area contributed by atoms with Crippen LogP contribution >= 0.6 is 0 Å². The standard InChI is InChI=1S/C6H13N3O/c1-2-10-9-6-4-8-5(6)3-7/h5,8H,2-4,7H2,1H3/b9-6-. The highest BCUT2D eigenvalue weighted by Crippen LogP contribution is 1.98. The van der Waals surface area contributed by atoms with Gasteiger partial charge in [-0.1, -0.05) is 5.16 Å². The summed E-state index contributed by atoms with van der Waals surface area (Å²) in [5.74, 6) is 0. The average molecular weight is 143 g/mol. The van der Waals surface area contributed by atoms with Crippen LogP contribution in [0.4, 0.5) is 0 Å². The molecule has 58 valence electrons.